The van der Waals surface area contributed by atoms with E-state index in [2.05, 4.69) is 21.1 Å². The Hall–Kier alpha value is -1.55. The van der Waals surface area contributed by atoms with Gasteiger partial charge in [-0.15, -0.1) is 0 Å². The molecule has 0 fully saturated rings. The Bertz CT molecular complexity index is 491. The number of oxime groups is 1. The number of hydrogen-bond donors (Lipinski definition) is 1. The second-order valence-electron chi connectivity index (χ2n) is 2.93. The molecule has 4 heteroatoms. The normalized spacial score (nSPS) is 11.0. The van der Waals surface area contributed by atoms with Gasteiger partial charge < -0.3 is 9.62 Å². The maximum Gasteiger partial charge on any atom is 0.149 e. The molecule has 1 aromatic carbocycles. The Kier molecular flexibility index (Phi) is 2.87. The molecule has 0 radical (unpaired) electrons. The van der Waals surface area contributed by atoms with Crippen LogP contribution in [0.25, 0.3) is 11.3 Å². The van der Waals surface area contributed by atoms with E-state index >= 15 is 0 Å². The van der Waals surface area contributed by atoms with Crippen molar-refractivity contribution in [2.75, 3.05) is 0 Å². The third kappa shape index (κ3) is 2.10. The predicted octanol–water partition coefficient (Wildman–Crippen LogP) is 3.52. The summed E-state index contributed by atoms with van der Waals surface area (Å²) in [6, 6.07) is 11.3. The number of nitrogens with zero attached hydrogens (tertiary/aromatic N) is 1. The molecule has 0 bridgehead atoms. The van der Waals surface area contributed by atoms with Gasteiger partial charge in [0.25, 0.3) is 0 Å². The molecule has 2 aromatic rings. The van der Waals surface area contributed by atoms with Crippen LogP contribution >= 0.6 is 15.9 Å². The molecule has 1 N–H and O–H groups in total. The van der Waals surface area contributed by atoms with Crippen LogP contribution < -0.4 is 0 Å². The van der Waals surface area contributed by atoms with Crippen molar-refractivity contribution in [3.8, 4) is 11.3 Å². The van der Waals surface area contributed by atoms with E-state index in [0.717, 1.165) is 15.8 Å². The van der Waals surface area contributed by atoms with E-state index in [4.69, 9.17) is 9.62 Å². The number of rotatable bonds is 2. The molecular formula is C11H8BrNO2. The number of halogens is 1. The van der Waals surface area contributed by atoms with Crippen molar-refractivity contribution in [2.24, 2.45) is 5.16 Å². The fourth-order valence-corrected chi connectivity index (χ4v) is 1.77. The summed E-state index contributed by atoms with van der Waals surface area (Å²) < 4.78 is 6.42. The summed E-state index contributed by atoms with van der Waals surface area (Å²) in [5, 5.41) is 11.3. The van der Waals surface area contributed by atoms with Crippen molar-refractivity contribution in [3.05, 3.63) is 46.6 Å². The molecule has 76 valence electrons. The number of benzene rings is 1. The van der Waals surface area contributed by atoms with Gasteiger partial charge in [-0.05, 0) is 18.2 Å². The van der Waals surface area contributed by atoms with E-state index in [0.29, 0.717) is 5.76 Å². The molecule has 0 spiro atoms. The van der Waals surface area contributed by atoms with Gasteiger partial charge in [-0.3, -0.25) is 0 Å². The molecule has 0 unspecified atom stereocenters. The summed E-state index contributed by atoms with van der Waals surface area (Å²) in [5.74, 6) is 1.25. The van der Waals surface area contributed by atoms with Crippen LogP contribution in [0.3, 0.4) is 0 Å². The van der Waals surface area contributed by atoms with Crippen molar-refractivity contribution in [1.82, 2.24) is 0 Å². The Morgan fingerprint density at radius 2 is 2.00 bits per heavy atom. The zero-order chi connectivity index (χ0) is 10.7. The molecule has 0 aliphatic heterocycles. The fraction of sp³-hybridized carbons (Fsp3) is 0. The summed E-state index contributed by atoms with van der Waals surface area (Å²) in [6.45, 7) is 0. The average molecular weight is 266 g/mol. The molecule has 2 rings (SSSR count). The van der Waals surface area contributed by atoms with Gasteiger partial charge >= 0.3 is 0 Å². The number of hydrogen-bond acceptors (Lipinski definition) is 3. The number of furan rings is 1. The quantitative estimate of drug-likeness (QED) is 0.513. The molecule has 0 aliphatic carbocycles. The highest BCUT2D eigenvalue weighted by molar-refractivity contribution is 9.10. The third-order valence-corrected chi connectivity index (χ3v) is 2.64. The second-order valence-corrected chi connectivity index (χ2v) is 3.78. The maximum atomic E-state index is 8.35. The molecular weight excluding hydrogens is 258 g/mol. The molecule has 3 nitrogen and oxygen atoms in total. The van der Waals surface area contributed by atoms with Crippen LogP contribution in [0.5, 0.6) is 0 Å². The van der Waals surface area contributed by atoms with Crippen molar-refractivity contribution in [1.29, 1.82) is 0 Å². The first-order chi connectivity index (χ1) is 7.31. The van der Waals surface area contributed by atoms with Crippen LogP contribution in [0.1, 0.15) is 5.76 Å². The van der Waals surface area contributed by atoms with Gasteiger partial charge in [0, 0.05) is 10.0 Å². The van der Waals surface area contributed by atoms with Gasteiger partial charge in [-0.2, -0.15) is 0 Å². The van der Waals surface area contributed by atoms with E-state index < -0.39 is 0 Å². The highest BCUT2D eigenvalue weighted by atomic mass is 79.9. The van der Waals surface area contributed by atoms with Crippen LogP contribution in [0.2, 0.25) is 0 Å². The molecule has 0 aliphatic rings. The summed E-state index contributed by atoms with van der Waals surface area (Å²) in [5.41, 5.74) is 0.968. The molecule has 0 atom stereocenters. The molecule has 0 amide bonds. The van der Waals surface area contributed by atoms with Crippen molar-refractivity contribution in [3.63, 3.8) is 0 Å². The summed E-state index contributed by atoms with van der Waals surface area (Å²) in [6.07, 6.45) is 1.25. The van der Waals surface area contributed by atoms with E-state index in [1.54, 1.807) is 6.07 Å². The van der Waals surface area contributed by atoms with Gasteiger partial charge in [0.15, 0.2) is 0 Å². The molecule has 0 saturated carbocycles. The molecule has 0 saturated heterocycles. The predicted molar refractivity (Wildman–Crippen MR) is 61.2 cm³/mol. The fourth-order valence-electron chi connectivity index (χ4n) is 1.28. The smallest absolute Gasteiger partial charge is 0.149 e. The first-order valence-corrected chi connectivity index (χ1v) is 5.13. The van der Waals surface area contributed by atoms with Gasteiger partial charge in [-0.1, -0.05) is 39.3 Å². The Morgan fingerprint density at radius 3 is 2.73 bits per heavy atom. The molecule has 15 heavy (non-hydrogen) atoms. The van der Waals surface area contributed by atoms with Gasteiger partial charge in [-0.25, -0.2) is 0 Å². The largest absolute Gasteiger partial charge is 0.455 e. The Balaban J connectivity index is 2.42. The third-order valence-electron chi connectivity index (χ3n) is 1.95. The topological polar surface area (TPSA) is 45.7 Å². The van der Waals surface area contributed by atoms with Crippen LogP contribution in [0, 0.1) is 0 Å². The zero-order valence-corrected chi connectivity index (χ0v) is 9.31. The van der Waals surface area contributed by atoms with Crippen LogP contribution in [-0.2, 0) is 0 Å². The molecule has 1 heterocycles. The minimum Gasteiger partial charge on any atom is -0.455 e. The van der Waals surface area contributed by atoms with Crippen LogP contribution in [-0.4, -0.2) is 11.4 Å². The Morgan fingerprint density at radius 1 is 1.20 bits per heavy atom. The minimum atomic E-state index is 0.517. The van der Waals surface area contributed by atoms with Gasteiger partial charge in [0.05, 0.1) is 0 Å². The van der Waals surface area contributed by atoms with E-state index in [-0.39, 0.29) is 0 Å². The zero-order valence-electron chi connectivity index (χ0n) is 7.72. The first kappa shape index (κ1) is 9.98. The lowest BCUT2D eigenvalue weighted by Crippen LogP contribution is -1.76. The second kappa shape index (κ2) is 4.31. The first-order valence-electron chi connectivity index (χ1n) is 4.33. The van der Waals surface area contributed by atoms with Crippen LogP contribution in [0.4, 0.5) is 0 Å². The monoisotopic (exact) mass is 265 g/mol. The standard InChI is InChI=1S/C11H8BrNO2/c12-10-4-2-1-3-9(10)11-6-5-8(15-11)7-13-14/h1-7,14H/b13-7-. The lowest BCUT2D eigenvalue weighted by Gasteiger charge is -1.98. The summed E-state index contributed by atoms with van der Waals surface area (Å²) >= 11 is 3.44. The maximum absolute atomic E-state index is 8.35. The highest BCUT2D eigenvalue weighted by Gasteiger charge is 2.06. The van der Waals surface area contributed by atoms with E-state index in [1.807, 2.05) is 30.3 Å². The van der Waals surface area contributed by atoms with Crippen molar-refractivity contribution >= 4 is 22.1 Å². The summed E-state index contributed by atoms with van der Waals surface area (Å²) in [7, 11) is 0. The van der Waals surface area contributed by atoms with Gasteiger partial charge in [0.1, 0.15) is 17.7 Å². The van der Waals surface area contributed by atoms with Gasteiger partial charge in [0.2, 0.25) is 0 Å². The van der Waals surface area contributed by atoms with Crippen molar-refractivity contribution in [2.45, 2.75) is 0 Å². The van der Waals surface area contributed by atoms with Crippen LogP contribution in [0.15, 0.2) is 50.4 Å². The van der Waals surface area contributed by atoms with Crippen molar-refractivity contribution < 1.29 is 9.62 Å². The van der Waals surface area contributed by atoms with E-state index in [1.165, 1.54) is 6.21 Å². The lowest BCUT2D eigenvalue weighted by atomic mass is 10.2. The molecule has 1 aromatic heterocycles. The SMILES string of the molecule is O/N=C\c1ccc(-c2ccccc2Br)o1. The highest BCUT2D eigenvalue weighted by Crippen LogP contribution is 2.28. The average Bonchev–Trinajstić information content (AvgIpc) is 2.68. The van der Waals surface area contributed by atoms with E-state index in [9.17, 15) is 0 Å². The summed E-state index contributed by atoms with van der Waals surface area (Å²) in [4.78, 5) is 0. The lowest BCUT2D eigenvalue weighted by molar-refractivity contribution is 0.321. The minimum absolute atomic E-state index is 0.517. The Labute approximate surface area is 95.2 Å².